The highest BCUT2D eigenvalue weighted by Gasteiger charge is 2.32. The van der Waals surface area contributed by atoms with E-state index in [0.29, 0.717) is 19.4 Å². The summed E-state index contributed by atoms with van der Waals surface area (Å²) < 4.78 is 5.19. The van der Waals surface area contributed by atoms with Gasteiger partial charge in [0.25, 0.3) is 0 Å². The van der Waals surface area contributed by atoms with E-state index >= 15 is 0 Å². The molecule has 0 aliphatic heterocycles. The third kappa shape index (κ3) is 3.86. The van der Waals surface area contributed by atoms with Gasteiger partial charge in [0.2, 0.25) is 0 Å². The van der Waals surface area contributed by atoms with Crippen LogP contribution in [-0.2, 0) is 16.0 Å². The molecule has 1 aromatic carbocycles. The van der Waals surface area contributed by atoms with Crippen LogP contribution in [0, 0.1) is 5.41 Å². The van der Waals surface area contributed by atoms with Crippen molar-refractivity contribution in [3.8, 4) is 0 Å². The van der Waals surface area contributed by atoms with E-state index < -0.39 is 5.41 Å². The summed E-state index contributed by atoms with van der Waals surface area (Å²) in [6.45, 7) is 3.78. The van der Waals surface area contributed by atoms with Crippen LogP contribution >= 0.6 is 0 Å². The second kappa shape index (κ2) is 6.40. The fourth-order valence-corrected chi connectivity index (χ4v) is 1.40. The zero-order chi connectivity index (χ0) is 12.7. The Kier molecular flexibility index (Phi) is 5.16. The molecule has 1 rings (SSSR count). The van der Waals surface area contributed by atoms with E-state index in [4.69, 9.17) is 4.74 Å². The molecule has 0 radical (unpaired) electrons. The molecule has 0 aliphatic rings. The molecule has 0 aliphatic carbocycles. The van der Waals surface area contributed by atoms with Gasteiger partial charge in [0, 0.05) is 6.42 Å². The van der Waals surface area contributed by atoms with E-state index in [1.807, 2.05) is 37.3 Å². The molecule has 3 nitrogen and oxygen atoms in total. The molecule has 1 aromatic rings. The van der Waals surface area contributed by atoms with Crippen LogP contribution in [0.4, 0.5) is 0 Å². The molecule has 1 atom stereocenters. The molecule has 0 fully saturated rings. The van der Waals surface area contributed by atoms with Crippen molar-refractivity contribution in [2.24, 2.45) is 5.41 Å². The maximum Gasteiger partial charge on any atom is 0.314 e. The van der Waals surface area contributed by atoms with Gasteiger partial charge < -0.3 is 9.84 Å². The van der Waals surface area contributed by atoms with E-state index in [9.17, 15) is 9.90 Å². The maximum absolute atomic E-state index is 11.7. The van der Waals surface area contributed by atoms with Gasteiger partial charge in [-0.15, -0.1) is 0 Å². The quantitative estimate of drug-likeness (QED) is 0.770. The Morgan fingerprint density at radius 3 is 2.53 bits per heavy atom. The molecule has 0 aromatic heterocycles. The van der Waals surface area contributed by atoms with Gasteiger partial charge in [-0.3, -0.25) is 4.79 Å². The highest BCUT2D eigenvalue weighted by atomic mass is 16.5. The first kappa shape index (κ1) is 13.7. The number of ether oxygens (including phenoxy) is 1. The fraction of sp³-hybridized carbons (Fsp3) is 0.500. The number of benzene rings is 1. The average Bonchev–Trinajstić information content (AvgIpc) is 2.39. The number of carbonyl (C=O) groups is 1. The lowest BCUT2D eigenvalue weighted by Crippen LogP contribution is -2.33. The molecule has 0 heterocycles. The summed E-state index contributed by atoms with van der Waals surface area (Å²) in [5, 5.41) is 9.17. The molecule has 17 heavy (non-hydrogen) atoms. The van der Waals surface area contributed by atoms with Crippen molar-refractivity contribution in [2.75, 3.05) is 13.2 Å². The SMILES string of the molecule is CCC(C)(CO)C(=O)OCCc1ccccc1. The molecular weight excluding hydrogens is 216 g/mol. The molecule has 0 spiro atoms. The summed E-state index contributed by atoms with van der Waals surface area (Å²) >= 11 is 0. The van der Waals surface area contributed by atoms with Gasteiger partial charge in [0.15, 0.2) is 0 Å². The van der Waals surface area contributed by atoms with Crippen molar-refractivity contribution in [1.29, 1.82) is 0 Å². The molecule has 0 amide bonds. The third-order valence-corrected chi connectivity index (χ3v) is 3.09. The number of esters is 1. The molecule has 0 saturated heterocycles. The van der Waals surface area contributed by atoms with Crippen molar-refractivity contribution >= 4 is 5.97 Å². The summed E-state index contributed by atoms with van der Waals surface area (Å²) in [5.74, 6) is -0.321. The van der Waals surface area contributed by atoms with E-state index in [0.717, 1.165) is 5.56 Å². The number of hydrogen-bond acceptors (Lipinski definition) is 3. The monoisotopic (exact) mass is 236 g/mol. The van der Waals surface area contributed by atoms with Crippen LogP contribution in [0.2, 0.25) is 0 Å². The Morgan fingerprint density at radius 1 is 1.35 bits per heavy atom. The molecule has 3 heteroatoms. The summed E-state index contributed by atoms with van der Waals surface area (Å²) in [6.07, 6.45) is 1.28. The molecule has 94 valence electrons. The Balaban J connectivity index is 2.39. The summed E-state index contributed by atoms with van der Waals surface area (Å²) in [6, 6.07) is 9.87. The van der Waals surface area contributed by atoms with Gasteiger partial charge in [-0.25, -0.2) is 0 Å². The summed E-state index contributed by atoms with van der Waals surface area (Å²) in [5.41, 5.74) is 0.374. The zero-order valence-corrected chi connectivity index (χ0v) is 10.5. The van der Waals surface area contributed by atoms with Crippen LogP contribution in [0.15, 0.2) is 30.3 Å². The highest BCUT2D eigenvalue weighted by molar-refractivity contribution is 5.76. The highest BCUT2D eigenvalue weighted by Crippen LogP contribution is 2.21. The van der Waals surface area contributed by atoms with Gasteiger partial charge >= 0.3 is 5.97 Å². The van der Waals surface area contributed by atoms with E-state index in [-0.39, 0.29) is 12.6 Å². The van der Waals surface area contributed by atoms with E-state index in [2.05, 4.69) is 0 Å². The predicted molar refractivity (Wildman–Crippen MR) is 66.6 cm³/mol. The number of aliphatic hydroxyl groups is 1. The Labute approximate surface area is 102 Å². The second-order valence-corrected chi connectivity index (χ2v) is 4.44. The van der Waals surface area contributed by atoms with Crippen LogP contribution in [0.3, 0.4) is 0 Å². The Hall–Kier alpha value is -1.35. The van der Waals surface area contributed by atoms with Crippen molar-refractivity contribution in [3.05, 3.63) is 35.9 Å². The first-order chi connectivity index (χ1) is 8.12. The van der Waals surface area contributed by atoms with Gasteiger partial charge in [0.05, 0.1) is 18.6 Å². The Bertz CT molecular complexity index is 342. The first-order valence-electron chi connectivity index (χ1n) is 5.94. The molecular formula is C14H20O3. The number of rotatable bonds is 6. The molecule has 1 N–H and O–H groups in total. The maximum atomic E-state index is 11.7. The van der Waals surface area contributed by atoms with Crippen molar-refractivity contribution in [3.63, 3.8) is 0 Å². The summed E-state index contributed by atoms with van der Waals surface area (Å²) in [7, 11) is 0. The largest absolute Gasteiger partial charge is 0.465 e. The molecule has 0 saturated carbocycles. The number of hydrogen-bond donors (Lipinski definition) is 1. The number of aliphatic hydroxyl groups excluding tert-OH is 1. The first-order valence-corrected chi connectivity index (χ1v) is 5.94. The molecule has 0 bridgehead atoms. The average molecular weight is 236 g/mol. The second-order valence-electron chi connectivity index (χ2n) is 4.44. The third-order valence-electron chi connectivity index (χ3n) is 3.09. The lowest BCUT2D eigenvalue weighted by Gasteiger charge is -2.23. The minimum atomic E-state index is -0.767. The normalized spacial score (nSPS) is 14.1. The van der Waals surface area contributed by atoms with Crippen molar-refractivity contribution < 1.29 is 14.6 Å². The Morgan fingerprint density at radius 2 is 2.00 bits per heavy atom. The smallest absolute Gasteiger partial charge is 0.314 e. The lowest BCUT2D eigenvalue weighted by atomic mass is 9.89. The van der Waals surface area contributed by atoms with Crippen LogP contribution in [0.5, 0.6) is 0 Å². The van der Waals surface area contributed by atoms with Crippen LogP contribution in [0.1, 0.15) is 25.8 Å². The zero-order valence-electron chi connectivity index (χ0n) is 10.5. The summed E-state index contributed by atoms with van der Waals surface area (Å²) in [4.78, 5) is 11.7. The van der Waals surface area contributed by atoms with Crippen LogP contribution < -0.4 is 0 Å². The van der Waals surface area contributed by atoms with Crippen molar-refractivity contribution in [2.45, 2.75) is 26.7 Å². The topological polar surface area (TPSA) is 46.5 Å². The van der Waals surface area contributed by atoms with E-state index in [1.54, 1.807) is 6.92 Å². The van der Waals surface area contributed by atoms with Crippen molar-refractivity contribution in [1.82, 2.24) is 0 Å². The van der Waals surface area contributed by atoms with Gasteiger partial charge in [-0.2, -0.15) is 0 Å². The predicted octanol–water partition coefficient (Wildman–Crippen LogP) is 2.18. The van der Waals surface area contributed by atoms with Gasteiger partial charge in [-0.05, 0) is 18.9 Å². The van der Waals surface area contributed by atoms with Gasteiger partial charge in [0.1, 0.15) is 0 Å². The number of carbonyl (C=O) groups excluding carboxylic acids is 1. The minimum absolute atomic E-state index is 0.173. The van der Waals surface area contributed by atoms with Crippen LogP contribution in [0.25, 0.3) is 0 Å². The standard InChI is InChI=1S/C14H20O3/c1-3-14(2,11-15)13(16)17-10-9-12-7-5-4-6-8-12/h4-8,15H,3,9-11H2,1-2H3. The van der Waals surface area contributed by atoms with Gasteiger partial charge in [-0.1, -0.05) is 37.3 Å². The van der Waals surface area contributed by atoms with E-state index in [1.165, 1.54) is 0 Å². The lowest BCUT2D eigenvalue weighted by molar-refractivity contribution is -0.157. The molecule has 1 unspecified atom stereocenters. The minimum Gasteiger partial charge on any atom is -0.465 e. The van der Waals surface area contributed by atoms with Crippen LogP contribution in [-0.4, -0.2) is 24.3 Å². The fourth-order valence-electron chi connectivity index (χ4n) is 1.40.